The van der Waals surface area contributed by atoms with Crippen LogP contribution in [-0.2, 0) is 4.79 Å². The summed E-state index contributed by atoms with van der Waals surface area (Å²) in [4.78, 5) is 12.2. The van der Waals surface area contributed by atoms with E-state index in [-0.39, 0.29) is 5.57 Å². The van der Waals surface area contributed by atoms with Crippen molar-refractivity contribution in [3.63, 3.8) is 0 Å². The molecule has 0 aliphatic rings. The number of nitrogens with one attached hydrogen (secondary N) is 2. The molecule has 0 saturated heterocycles. The fraction of sp³-hybridized carbons (Fsp3) is 0.250. The van der Waals surface area contributed by atoms with Crippen molar-refractivity contribution in [2.75, 3.05) is 24.7 Å². The zero-order chi connectivity index (χ0) is 16.4. The van der Waals surface area contributed by atoms with E-state index in [1.165, 1.54) is 11.8 Å². The van der Waals surface area contributed by atoms with Gasteiger partial charge in [-0.25, -0.2) is 0 Å². The average Bonchev–Trinajstić information content (AvgIpc) is 2.53. The second kappa shape index (κ2) is 9.53. The molecule has 0 heterocycles. The highest BCUT2D eigenvalue weighted by molar-refractivity contribution is 8.02. The second-order valence-electron chi connectivity index (χ2n) is 4.10. The van der Waals surface area contributed by atoms with Crippen molar-refractivity contribution in [1.82, 2.24) is 5.32 Å². The molecular weight excluding hydrogens is 298 g/mol. The quantitative estimate of drug-likeness (QED) is 0.438. The molecule has 0 fully saturated rings. The molecular formula is C16H19N3O2S. The molecule has 0 aliphatic carbocycles. The van der Waals surface area contributed by atoms with Crippen LogP contribution in [0.2, 0.25) is 0 Å². The minimum atomic E-state index is -0.451. The maximum absolute atomic E-state index is 12.2. The van der Waals surface area contributed by atoms with Crippen molar-refractivity contribution < 1.29 is 9.53 Å². The van der Waals surface area contributed by atoms with Gasteiger partial charge in [-0.1, -0.05) is 6.08 Å². The Balaban J connectivity index is 2.86. The first-order valence-electron chi connectivity index (χ1n) is 6.73. The van der Waals surface area contributed by atoms with Gasteiger partial charge in [-0.15, -0.1) is 18.3 Å². The predicted octanol–water partition coefficient (Wildman–Crippen LogP) is 2.90. The Labute approximate surface area is 135 Å². The lowest BCUT2D eigenvalue weighted by Gasteiger charge is -2.10. The van der Waals surface area contributed by atoms with Crippen LogP contribution in [0.3, 0.4) is 0 Å². The van der Waals surface area contributed by atoms with E-state index in [9.17, 15) is 10.1 Å². The van der Waals surface area contributed by atoms with Crippen molar-refractivity contribution in [1.29, 1.82) is 5.26 Å². The maximum Gasteiger partial charge on any atom is 0.269 e. The molecule has 2 N–H and O–H groups in total. The lowest BCUT2D eigenvalue weighted by atomic mass is 10.2. The summed E-state index contributed by atoms with van der Waals surface area (Å²) in [5.74, 6) is 0.279. The monoisotopic (exact) mass is 317 g/mol. The fourth-order valence-electron chi connectivity index (χ4n) is 1.63. The van der Waals surface area contributed by atoms with E-state index in [0.717, 1.165) is 5.75 Å². The number of anilines is 1. The highest BCUT2D eigenvalue weighted by atomic mass is 32.2. The van der Waals surface area contributed by atoms with Crippen LogP contribution in [0.1, 0.15) is 6.92 Å². The Kier molecular flexibility index (Phi) is 7.65. The minimum absolute atomic E-state index is 0.0447. The second-order valence-corrected chi connectivity index (χ2v) is 4.92. The van der Waals surface area contributed by atoms with E-state index in [2.05, 4.69) is 17.2 Å². The normalized spacial score (nSPS) is 11.0. The molecule has 1 aromatic rings. The molecule has 1 aromatic carbocycles. The van der Waals surface area contributed by atoms with Gasteiger partial charge < -0.3 is 15.4 Å². The molecule has 0 unspecified atom stereocenters. The van der Waals surface area contributed by atoms with Crippen LogP contribution in [0, 0.1) is 11.3 Å². The number of nitrogens with zero attached hydrogens (tertiary/aromatic N) is 1. The Morgan fingerprint density at radius 3 is 2.64 bits per heavy atom. The summed E-state index contributed by atoms with van der Waals surface area (Å²) in [6.45, 7) is 6.57. The van der Waals surface area contributed by atoms with Crippen molar-refractivity contribution >= 4 is 23.4 Å². The van der Waals surface area contributed by atoms with Crippen molar-refractivity contribution in [2.45, 2.75) is 6.92 Å². The number of benzene rings is 1. The summed E-state index contributed by atoms with van der Waals surface area (Å²) in [6, 6.07) is 8.93. The number of thioether (sulfide) groups is 1. The molecule has 6 heteroatoms. The minimum Gasteiger partial charge on any atom is -0.494 e. The molecule has 0 saturated carbocycles. The smallest absolute Gasteiger partial charge is 0.269 e. The highest BCUT2D eigenvalue weighted by Gasteiger charge is 2.15. The molecule has 0 spiro atoms. The van der Waals surface area contributed by atoms with Crippen LogP contribution in [-0.4, -0.2) is 25.3 Å². The van der Waals surface area contributed by atoms with E-state index in [0.29, 0.717) is 23.9 Å². The van der Waals surface area contributed by atoms with Crippen LogP contribution in [0.5, 0.6) is 5.75 Å². The Morgan fingerprint density at radius 2 is 2.14 bits per heavy atom. The number of nitriles is 1. The maximum atomic E-state index is 12.2. The Hall–Kier alpha value is -2.39. The zero-order valence-corrected chi connectivity index (χ0v) is 13.5. The van der Waals surface area contributed by atoms with E-state index in [1.54, 1.807) is 36.6 Å². The van der Waals surface area contributed by atoms with E-state index < -0.39 is 5.91 Å². The third kappa shape index (κ3) is 5.19. The number of hydrogen-bond donors (Lipinski definition) is 2. The molecule has 116 valence electrons. The van der Waals surface area contributed by atoms with Gasteiger partial charge in [0.1, 0.15) is 17.4 Å². The Morgan fingerprint density at radius 1 is 1.45 bits per heavy atom. The third-order valence-corrected chi connectivity index (χ3v) is 3.36. The molecule has 0 atom stereocenters. The molecule has 1 rings (SSSR count). The van der Waals surface area contributed by atoms with Gasteiger partial charge in [0, 0.05) is 12.2 Å². The standard InChI is InChI=1S/C16H19N3O2S/c1-4-10-18-16(22-3)14(11-17)15(20)19-12-6-8-13(9-7-12)21-5-2/h4,6-9,18H,1,5,10H2,2-3H3,(H,19,20)/b16-14+. The SMILES string of the molecule is C=CCN/C(SC)=C(/C#N)C(=O)Nc1ccc(OCC)cc1. The van der Waals surface area contributed by atoms with Crippen LogP contribution in [0.4, 0.5) is 5.69 Å². The largest absolute Gasteiger partial charge is 0.494 e. The summed E-state index contributed by atoms with van der Waals surface area (Å²) >= 11 is 1.31. The number of carbonyl (C=O) groups is 1. The highest BCUT2D eigenvalue weighted by Crippen LogP contribution is 2.18. The number of hydrogen-bond acceptors (Lipinski definition) is 5. The van der Waals surface area contributed by atoms with Gasteiger partial charge in [0.25, 0.3) is 5.91 Å². The number of amides is 1. The first-order valence-corrected chi connectivity index (χ1v) is 7.96. The van der Waals surface area contributed by atoms with Gasteiger partial charge in [0.05, 0.1) is 11.6 Å². The van der Waals surface area contributed by atoms with Gasteiger partial charge in [-0.2, -0.15) is 5.26 Å². The number of rotatable bonds is 8. The summed E-state index contributed by atoms with van der Waals surface area (Å²) in [5, 5.41) is 15.4. The molecule has 5 nitrogen and oxygen atoms in total. The zero-order valence-electron chi connectivity index (χ0n) is 12.7. The van der Waals surface area contributed by atoms with Gasteiger partial charge in [0.15, 0.2) is 0 Å². The lowest BCUT2D eigenvalue weighted by Crippen LogP contribution is -2.20. The van der Waals surface area contributed by atoms with Gasteiger partial charge in [0.2, 0.25) is 0 Å². The molecule has 0 bridgehead atoms. The fourth-order valence-corrected chi connectivity index (χ4v) is 2.20. The molecule has 22 heavy (non-hydrogen) atoms. The predicted molar refractivity (Wildman–Crippen MR) is 90.6 cm³/mol. The van der Waals surface area contributed by atoms with E-state index in [1.807, 2.05) is 13.0 Å². The van der Waals surface area contributed by atoms with Crippen molar-refractivity contribution in [3.05, 3.63) is 47.5 Å². The topological polar surface area (TPSA) is 74.2 Å². The Bertz CT molecular complexity index is 588. The average molecular weight is 317 g/mol. The van der Waals surface area contributed by atoms with Crippen LogP contribution < -0.4 is 15.4 Å². The van der Waals surface area contributed by atoms with Crippen LogP contribution in [0.15, 0.2) is 47.5 Å². The molecule has 1 amide bonds. The molecule has 0 aromatic heterocycles. The lowest BCUT2D eigenvalue weighted by molar-refractivity contribution is -0.112. The van der Waals surface area contributed by atoms with Gasteiger partial charge in [-0.05, 0) is 37.4 Å². The van der Waals surface area contributed by atoms with Gasteiger partial charge in [-0.3, -0.25) is 4.79 Å². The van der Waals surface area contributed by atoms with E-state index >= 15 is 0 Å². The first kappa shape index (κ1) is 17.7. The number of carbonyl (C=O) groups excluding carboxylic acids is 1. The van der Waals surface area contributed by atoms with Crippen molar-refractivity contribution in [2.24, 2.45) is 0 Å². The van der Waals surface area contributed by atoms with Crippen molar-refractivity contribution in [3.8, 4) is 11.8 Å². The summed E-state index contributed by atoms with van der Waals surface area (Å²) < 4.78 is 5.34. The van der Waals surface area contributed by atoms with Crippen LogP contribution in [0.25, 0.3) is 0 Å². The van der Waals surface area contributed by atoms with Crippen LogP contribution >= 0.6 is 11.8 Å². The summed E-state index contributed by atoms with van der Waals surface area (Å²) in [7, 11) is 0. The van der Waals surface area contributed by atoms with Gasteiger partial charge >= 0.3 is 0 Å². The summed E-state index contributed by atoms with van der Waals surface area (Å²) in [5.41, 5.74) is 0.647. The number of ether oxygens (including phenoxy) is 1. The molecule has 0 radical (unpaired) electrons. The summed E-state index contributed by atoms with van der Waals surface area (Å²) in [6.07, 6.45) is 3.46. The molecule has 0 aliphatic heterocycles. The van der Waals surface area contributed by atoms with E-state index in [4.69, 9.17) is 4.74 Å². The third-order valence-electron chi connectivity index (χ3n) is 2.60. The first-order chi connectivity index (χ1) is 10.7.